The molecule has 1 aromatic rings. The zero-order valence-corrected chi connectivity index (χ0v) is 14.2. The average Bonchev–Trinajstić information content (AvgIpc) is 2.57. The van der Waals surface area contributed by atoms with E-state index in [4.69, 9.17) is 14.2 Å². The molecule has 0 heterocycles. The number of carbonyl (C=O) groups is 3. The van der Waals surface area contributed by atoms with Gasteiger partial charge in [-0.15, -0.1) is 0 Å². The van der Waals surface area contributed by atoms with E-state index < -0.39 is 24.0 Å². The second kappa shape index (κ2) is 9.50. The van der Waals surface area contributed by atoms with E-state index in [9.17, 15) is 14.4 Å². The van der Waals surface area contributed by atoms with E-state index in [2.05, 4.69) is 6.58 Å². The lowest BCUT2D eigenvalue weighted by Gasteiger charge is -2.15. The molecule has 0 radical (unpaired) electrons. The van der Waals surface area contributed by atoms with Crippen molar-refractivity contribution in [3.63, 3.8) is 0 Å². The number of ether oxygens (including phenoxy) is 3. The highest BCUT2D eigenvalue weighted by Crippen LogP contribution is 2.15. The van der Waals surface area contributed by atoms with E-state index in [0.717, 1.165) is 6.42 Å². The fraction of sp³-hybridized carbons (Fsp3) is 0.389. The predicted octanol–water partition coefficient (Wildman–Crippen LogP) is 3.06. The van der Waals surface area contributed by atoms with Crippen molar-refractivity contribution in [2.75, 3.05) is 6.61 Å². The summed E-state index contributed by atoms with van der Waals surface area (Å²) < 4.78 is 15.2. The number of esters is 3. The SMILES string of the molecule is C=C(C)C(=O)OC(CC)C(=O)Oc1ccc(C(=O)OCCC)cc1. The van der Waals surface area contributed by atoms with Crippen LogP contribution in [-0.2, 0) is 19.1 Å². The Morgan fingerprint density at radius 3 is 2.25 bits per heavy atom. The molecular weight excluding hydrogens is 312 g/mol. The van der Waals surface area contributed by atoms with Crippen molar-refractivity contribution in [1.29, 1.82) is 0 Å². The summed E-state index contributed by atoms with van der Waals surface area (Å²) in [5.41, 5.74) is 0.570. The van der Waals surface area contributed by atoms with Crippen LogP contribution in [0.15, 0.2) is 36.4 Å². The van der Waals surface area contributed by atoms with Crippen molar-refractivity contribution in [2.24, 2.45) is 0 Å². The molecule has 0 aliphatic heterocycles. The van der Waals surface area contributed by atoms with Crippen LogP contribution in [-0.4, -0.2) is 30.6 Å². The minimum atomic E-state index is -1.01. The van der Waals surface area contributed by atoms with Crippen molar-refractivity contribution < 1.29 is 28.6 Å². The van der Waals surface area contributed by atoms with Crippen LogP contribution in [0.2, 0.25) is 0 Å². The van der Waals surface area contributed by atoms with Crippen LogP contribution in [0.3, 0.4) is 0 Å². The second-order valence-electron chi connectivity index (χ2n) is 5.16. The van der Waals surface area contributed by atoms with E-state index in [1.165, 1.54) is 31.2 Å². The van der Waals surface area contributed by atoms with Gasteiger partial charge in [-0.2, -0.15) is 0 Å². The molecule has 1 rings (SSSR count). The van der Waals surface area contributed by atoms with Gasteiger partial charge in [-0.25, -0.2) is 14.4 Å². The lowest BCUT2D eigenvalue weighted by Crippen LogP contribution is -2.30. The van der Waals surface area contributed by atoms with Gasteiger partial charge in [0.2, 0.25) is 0 Å². The number of carbonyl (C=O) groups excluding carboxylic acids is 3. The molecule has 0 saturated heterocycles. The summed E-state index contributed by atoms with van der Waals surface area (Å²) in [7, 11) is 0. The summed E-state index contributed by atoms with van der Waals surface area (Å²) >= 11 is 0. The van der Waals surface area contributed by atoms with Crippen LogP contribution in [0.1, 0.15) is 44.0 Å². The molecule has 0 aliphatic carbocycles. The Balaban J connectivity index is 2.67. The molecule has 0 aliphatic rings. The van der Waals surface area contributed by atoms with E-state index in [1.807, 2.05) is 6.92 Å². The lowest BCUT2D eigenvalue weighted by molar-refractivity contribution is -0.159. The Morgan fingerprint density at radius 2 is 1.75 bits per heavy atom. The summed E-state index contributed by atoms with van der Waals surface area (Å²) in [6, 6.07) is 5.96. The molecule has 0 spiro atoms. The molecule has 1 unspecified atom stereocenters. The maximum absolute atomic E-state index is 12.0. The summed E-state index contributed by atoms with van der Waals surface area (Å²) in [4.78, 5) is 35.2. The van der Waals surface area contributed by atoms with Gasteiger partial charge in [-0.05, 0) is 44.0 Å². The third kappa shape index (κ3) is 5.87. The van der Waals surface area contributed by atoms with Crippen molar-refractivity contribution >= 4 is 17.9 Å². The molecule has 6 heteroatoms. The molecular formula is C18H22O6. The zero-order valence-electron chi connectivity index (χ0n) is 14.2. The third-order valence-corrected chi connectivity index (χ3v) is 2.98. The van der Waals surface area contributed by atoms with Crippen LogP contribution in [0, 0.1) is 0 Å². The fourth-order valence-corrected chi connectivity index (χ4v) is 1.65. The molecule has 0 aromatic heterocycles. The zero-order chi connectivity index (χ0) is 18.1. The van der Waals surface area contributed by atoms with Gasteiger partial charge >= 0.3 is 17.9 Å². The first-order valence-electron chi connectivity index (χ1n) is 7.74. The Hall–Kier alpha value is -2.63. The van der Waals surface area contributed by atoms with Gasteiger partial charge in [-0.3, -0.25) is 0 Å². The van der Waals surface area contributed by atoms with Gasteiger partial charge in [0.15, 0.2) is 6.10 Å². The summed E-state index contributed by atoms with van der Waals surface area (Å²) in [5.74, 6) is -1.52. The van der Waals surface area contributed by atoms with Crippen LogP contribution >= 0.6 is 0 Å². The number of hydrogen-bond donors (Lipinski definition) is 0. The predicted molar refractivity (Wildman–Crippen MR) is 87.6 cm³/mol. The molecule has 6 nitrogen and oxygen atoms in total. The number of hydrogen-bond acceptors (Lipinski definition) is 6. The molecule has 130 valence electrons. The fourth-order valence-electron chi connectivity index (χ4n) is 1.65. The molecule has 1 aromatic carbocycles. The van der Waals surface area contributed by atoms with Gasteiger partial charge in [-0.1, -0.05) is 20.4 Å². The molecule has 0 bridgehead atoms. The van der Waals surface area contributed by atoms with Gasteiger partial charge in [0.25, 0.3) is 0 Å². The smallest absolute Gasteiger partial charge is 0.352 e. The van der Waals surface area contributed by atoms with Gasteiger partial charge in [0.05, 0.1) is 12.2 Å². The van der Waals surface area contributed by atoms with Crippen molar-refractivity contribution in [2.45, 2.75) is 39.7 Å². The second-order valence-corrected chi connectivity index (χ2v) is 5.16. The Kier molecular flexibility index (Phi) is 7.68. The molecule has 24 heavy (non-hydrogen) atoms. The molecule has 0 fully saturated rings. The first kappa shape index (κ1) is 19.4. The average molecular weight is 334 g/mol. The first-order valence-corrected chi connectivity index (χ1v) is 7.74. The number of rotatable bonds is 8. The van der Waals surface area contributed by atoms with E-state index in [1.54, 1.807) is 6.92 Å². The highest BCUT2D eigenvalue weighted by molar-refractivity contribution is 5.90. The van der Waals surface area contributed by atoms with Crippen LogP contribution in [0.4, 0.5) is 0 Å². The van der Waals surface area contributed by atoms with Crippen molar-refractivity contribution in [3.8, 4) is 5.75 Å². The molecule has 1 atom stereocenters. The van der Waals surface area contributed by atoms with Crippen LogP contribution < -0.4 is 4.74 Å². The summed E-state index contributed by atoms with van der Waals surface area (Å²) in [5, 5.41) is 0. The topological polar surface area (TPSA) is 78.9 Å². The third-order valence-electron chi connectivity index (χ3n) is 2.98. The van der Waals surface area contributed by atoms with E-state index in [0.29, 0.717) is 12.2 Å². The van der Waals surface area contributed by atoms with Gasteiger partial charge in [0.1, 0.15) is 5.75 Å². The molecule has 0 N–H and O–H groups in total. The van der Waals surface area contributed by atoms with Crippen molar-refractivity contribution in [1.82, 2.24) is 0 Å². The Labute approximate surface area is 141 Å². The first-order chi connectivity index (χ1) is 11.4. The van der Waals surface area contributed by atoms with Gasteiger partial charge < -0.3 is 14.2 Å². The maximum atomic E-state index is 12.0. The van der Waals surface area contributed by atoms with Crippen molar-refractivity contribution in [3.05, 3.63) is 42.0 Å². The maximum Gasteiger partial charge on any atom is 0.352 e. The largest absolute Gasteiger partial charge is 0.462 e. The normalized spacial score (nSPS) is 11.3. The van der Waals surface area contributed by atoms with Crippen LogP contribution in [0.5, 0.6) is 5.75 Å². The number of benzene rings is 1. The summed E-state index contributed by atoms with van der Waals surface area (Å²) in [6.45, 7) is 8.91. The highest BCUT2D eigenvalue weighted by Gasteiger charge is 2.23. The molecule has 0 saturated carbocycles. The highest BCUT2D eigenvalue weighted by atomic mass is 16.6. The Morgan fingerprint density at radius 1 is 1.12 bits per heavy atom. The van der Waals surface area contributed by atoms with Crippen LogP contribution in [0.25, 0.3) is 0 Å². The quantitative estimate of drug-likeness (QED) is 0.413. The molecule has 0 amide bonds. The Bertz CT molecular complexity index is 602. The minimum absolute atomic E-state index is 0.205. The standard InChI is InChI=1S/C18H22O6/c1-5-11-22-17(20)13-7-9-14(10-8-13)23-18(21)15(6-2)24-16(19)12(3)4/h7-10,15H,3,5-6,11H2,1-2,4H3. The van der Waals surface area contributed by atoms with E-state index in [-0.39, 0.29) is 17.7 Å². The minimum Gasteiger partial charge on any atom is -0.462 e. The lowest BCUT2D eigenvalue weighted by atomic mass is 10.2. The van der Waals surface area contributed by atoms with E-state index >= 15 is 0 Å². The van der Waals surface area contributed by atoms with Gasteiger partial charge in [0, 0.05) is 5.57 Å². The summed E-state index contributed by atoms with van der Waals surface area (Å²) in [6.07, 6.45) is 0.00515. The monoisotopic (exact) mass is 334 g/mol.